The molecule has 3 rings (SSSR count). The average Bonchev–Trinajstić information content (AvgIpc) is 3.16. The molecule has 1 aliphatic rings. The Morgan fingerprint density at radius 2 is 1.86 bits per heavy atom. The van der Waals surface area contributed by atoms with E-state index in [1.54, 1.807) is 28.8 Å². The topological polar surface area (TPSA) is 86.7 Å². The summed E-state index contributed by atoms with van der Waals surface area (Å²) < 4.78 is 0. The number of aromatic carboxylic acids is 1. The van der Waals surface area contributed by atoms with Crippen molar-refractivity contribution >= 4 is 35.2 Å². The molecular formula is C21H22N2O4S. The number of carbonyl (C=O) groups excluding carboxylic acids is 2. The van der Waals surface area contributed by atoms with Gasteiger partial charge in [-0.05, 0) is 48.7 Å². The number of anilines is 1. The maximum absolute atomic E-state index is 12.8. The molecule has 7 heteroatoms. The van der Waals surface area contributed by atoms with Gasteiger partial charge >= 0.3 is 5.97 Å². The molecule has 2 N–H and O–H groups in total. The van der Waals surface area contributed by atoms with Gasteiger partial charge in [-0.3, -0.25) is 9.59 Å². The Kier molecular flexibility index (Phi) is 6.04. The van der Waals surface area contributed by atoms with Crippen molar-refractivity contribution in [3.63, 3.8) is 0 Å². The van der Waals surface area contributed by atoms with Crippen molar-refractivity contribution in [3.05, 3.63) is 64.7 Å². The Morgan fingerprint density at radius 1 is 1.14 bits per heavy atom. The zero-order valence-electron chi connectivity index (χ0n) is 15.8. The fraction of sp³-hybridized carbons (Fsp3) is 0.286. The number of rotatable bonds is 5. The van der Waals surface area contributed by atoms with Crippen LogP contribution in [0.3, 0.4) is 0 Å². The van der Waals surface area contributed by atoms with E-state index < -0.39 is 12.0 Å². The molecule has 1 heterocycles. The number of aryl methyl sites for hydroxylation is 1. The van der Waals surface area contributed by atoms with Crippen molar-refractivity contribution in [1.82, 2.24) is 4.90 Å². The summed E-state index contributed by atoms with van der Waals surface area (Å²) in [6, 6.07) is 11.5. The average molecular weight is 398 g/mol. The predicted octanol–water partition coefficient (Wildman–Crippen LogP) is 3.08. The second-order valence-electron chi connectivity index (χ2n) is 6.79. The highest BCUT2D eigenvalue weighted by atomic mass is 32.2. The van der Waals surface area contributed by atoms with E-state index in [9.17, 15) is 14.4 Å². The normalized spacial score (nSPS) is 16.1. The van der Waals surface area contributed by atoms with Crippen LogP contribution in [0.15, 0.2) is 42.5 Å². The SMILES string of the molecule is Cc1cccc(NC(=O)C2CSCN2C(=O)Cc2ccc(C(=O)O)cc2)c1C. The highest BCUT2D eigenvalue weighted by Gasteiger charge is 2.34. The number of nitrogens with zero attached hydrogens (tertiary/aromatic N) is 1. The van der Waals surface area contributed by atoms with Crippen molar-refractivity contribution < 1.29 is 19.5 Å². The molecular weight excluding hydrogens is 376 g/mol. The van der Waals surface area contributed by atoms with E-state index in [1.807, 2.05) is 32.0 Å². The first kappa shape index (κ1) is 19.9. The largest absolute Gasteiger partial charge is 0.478 e. The monoisotopic (exact) mass is 398 g/mol. The number of amides is 2. The quantitative estimate of drug-likeness (QED) is 0.808. The van der Waals surface area contributed by atoms with Crippen LogP contribution < -0.4 is 5.32 Å². The number of carboxylic acid groups (broad SMARTS) is 1. The van der Waals surface area contributed by atoms with E-state index >= 15 is 0 Å². The number of thioether (sulfide) groups is 1. The van der Waals surface area contributed by atoms with Crippen molar-refractivity contribution in [2.75, 3.05) is 16.9 Å². The Labute approximate surface area is 167 Å². The lowest BCUT2D eigenvalue weighted by Crippen LogP contribution is -2.45. The maximum atomic E-state index is 12.8. The van der Waals surface area contributed by atoms with Crippen molar-refractivity contribution in [2.24, 2.45) is 0 Å². The molecule has 28 heavy (non-hydrogen) atoms. The molecule has 2 amide bonds. The van der Waals surface area contributed by atoms with Crippen molar-refractivity contribution in [3.8, 4) is 0 Å². The maximum Gasteiger partial charge on any atom is 0.335 e. The second-order valence-corrected chi connectivity index (χ2v) is 7.79. The highest BCUT2D eigenvalue weighted by molar-refractivity contribution is 7.99. The summed E-state index contributed by atoms with van der Waals surface area (Å²) >= 11 is 1.55. The number of benzene rings is 2. The molecule has 1 fully saturated rings. The van der Waals surface area contributed by atoms with Gasteiger partial charge in [0.2, 0.25) is 11.8 Å². The van der Waals surface area contributed by atoms with Crippen molar-refractivity contribution in [2.45, 2.75) is 26.3 Å². The molecule has 2 aromatic carbocycles. The van der Waals surface area contributed by atoms with E-state index in [2.05, 4.69) is 5.32 Å². The first-order chi connectivity index (χ1) is 13.4. The lowest BCUT2D eigenvalue weighted by atomic mass is 10.1. The molecule has 6 nitrogen and oxygen atoms in total. The summed E-state index contributed by atoms with van der Waals surface area (Å²) in [5.41, 5.74) is 3.77. The summed E-state index contributed by atoms with van der Waals surface area (Å²) in [5.74, 6) is -0.309. The van der Waals surface area contributed by atoms with Crippen molar-refractivity contribution in [1.29, 1.82) is 0 Å². The predicted molar refractivity (Wildman–Crippen MR) is 110 cm³/mol. The molecule has 0 aromatic heterocycles. The molecule has 2 aromatic rings. The van der Waals surface area contributed by atoms with Crippen LogP contribution in [0.1, 0.15) is 27.0 Å². The third-order valence-electron chi connectivity index (χ3n) is 4.92. The molecule has 0 aliphatic carbocycles. The standard InChI is InChI=1S/C21H22N2O4S/c1-13-4-3-5-17(14(13)2)22-20(25)18-11-28-12-23(18)19(24)10-15-6-8-16(9-7-15)21(26)27/h3-9,18H,10-12H2,1-2H3,(H,22,25)(H,26,27). The summed E-state index contributed by atoms with van der Waals surface area (Å²) in [6.07, 6.45) is 0.133. The minimum atomic E-state index is -1.00. The fourth-order valence-electron chi connectivity index (χ4n) is 3.05. The highest BCUT2D eigenvalue weighted by Crippen LogP contribution is 2.25. The van der Waals surface area contributed by atoms with Gasteiger partial charge in [-0.2, -0.15) is 0 Å². The molecule has 1 atom stereocenters. The molecule has 1 aliphatic heterocycles. The Balaban J connectivity index is 1.67. The summed E-state index contributed by atoms with van der Waals surface area (Å²) in [4.78, 5) is 38.0. The zero-order valence-corrected chi connectivity index (χ0v) is 16.6. The fourth-order valence-corrected chi connectivity index (χ4v) is 4.23. The first-order valence-electron chi connectivity index (χ1n) is 8.93. The summed E-state index contributed by atoms with van der Waals surface area (Å²) in [6.45, 7) is 3.94. The lowest BCUT2D eigenvalue weighted by Gasteiger charge is -2.23. The first-order valence-corrected chi connectivity index (χ1v) is 10.1. The van der Waals surface area contributed by atoms with E-state index in [0.717, 1.165) is 22.4 Å². The Morgan fingerprint density at radius 3 is 2.54 bits per heavy atom. The van der Waals surface area contributed by atoms with Gasteiger partial charge in [-0.25, -0.2) is 4.79 Å². The van der Waals surface area contributed by atoms with E-state index in [-0.39, 0.29) is 23.8 Å². The van der Waals surface area contributed by atoms with Crippen LogP contribution in [-0.4, -0.2) is 45.5 Å². The van der Waals surface area contributed by atoms with E-state index in [4.69, 9.17) is 5.11 Å². The molecule has 0 radical (unpaired) electrons. The zero-order chi connectivity index (χ0) is 20.3. The number of carboxylic acids is 1. The number of hydrogen-bond donors (Lipinski definition) is 2. The molecule has 146 valence electrons. The summed E-state index contributed by atoms with van der Waals surface area (Å²) in [5, 5.41) is 11.9. The van der Waals surface area contributed by atoms with E-state index in [0.29, 0.717) is 11.6 Å². The van der Waals surface area contributed by atoms with Gasteiger partial charge in [0.1, 0.15) is 6.04 Å². The third kappa shape index (κ3) is 4.36. The molecule has 1 saturated heterocycles. The molecule has 0 bridgehead atoms. The van der Waals surface area contributed by atoms with Crippen LogP contribution in [-0.2, 0) is 16.0 Å². The minimum Gasteiger partial charge on any atom is -0.478 e. The third-order valence-corrected chi connectivity index (χ3v) is 5.94. The number of nitrogens with one attached hydrogen (secondary N) is 1. The van der Waals surface area contributed by atoms with Crippen LogP contribution in [0.4, 0.5) is 5.69 Å². The summed E-state index contributed by atoms with van der Waals surface area (Å²) in [7, 11) is 0. The molecule has 0 saturated carbocycles. The molecule has 0 spiro atoms. The van der Waals surface area contributed by atoms with Gasteiger partial charge < -0.3 is 15.3 Å². The lowest BCUT2D eigenvalue weighted by molar-refractivity contribution is -0.135. The smallest absolute Gasteiger partial charge is 0.335 e. The number of hydrogen-bond acceptors (Lipinski definition) is 4. The Bertz CT molecular complexity index is 911. The second kappa shape index (κ2) is 8.48. The van der Waals surface area contributed by atoms with E-state index in [1.165, 1.54) is 12.1 Å². The number of carbonyl (C=O) groups is 3. The van der Waals surface area contributed by atoms with Gasteiger partial charge in [0.25, 0.3) is 0 Å². The van der Waals surface area contributed by atoms with Gasteiger partial charge in [-0.15, -0.1) is 11.8 Å². The minimum absolute atomic E-state index is 0.133. The van der Waals surface area contributed by atoms with Crippen LogP contribution in [0.2, 0.25) is 0 Å². The van der Waals surface area contributed by atoms with Crippen LogP contribution in [0, 0.1) is 13.8 Å². The van der Waals surface area contributed by atoms with Gasteiger partial charge in [0, 0.05) is 11.4 Å². The Hall–Kier alpha value is -2.80. The molecule has 1 unspecified atom stereocenters. The van der Waals surface area contributed by atoms with Crippen LogP contribution >= 0.6 is 11.8 Å². The van der Waals surface area contributed by atoms with Gasteiger partial charge in [0.15, 0.2) is 0 Å². The van der Waals surface area contributed by atoms with Gasteiger partial charge in [-0.1, -0.05) is 24.3 Å². The van der Waals surface area contributed by atoms with Crippen LogP contribution in [0.25, 0.3) is 0 Å². The van der Waals surface area contributed by atoms with Gasteiger partial charge in [0.05, 0.1) is 17.9 Å². The van der Waals surface area contributed by atoms with Crippen LogP contribution in [0.5, 0.6) is 0 Å².